The van der Waals surface area contributed by atoms with Gasteiger partial charge in [0.1, 0.15) is 11.2 Å². The highest BCUT2D eigenvalue weighted by molar-refractivity contribution is 6.26. The van der Waals surface area contributed by atoms with Crippen molar-refractivity contribution < 1.29 is 4.42 Å². The molecule has 0 amide bonds. The van der Waals surface area contributed by atoms with E-state index in [0.29, 0.717) is 17.5 Å². The summed E-state index contributed by atoms with van der Waals surface area (Å²) in [6, 6.07) is 66.0. The van der Waals surface area contributed by atoms with Gasteiger partial charge in [0.15, 0.2) is 17.5 Å². The van der Waals surface area contributed by atoms with Crippen LogP contribution in [0.25, 0.3) is 111 Å². The van der Waals surface area contributed by atoms with Gasteiger partial charge in [0, 0.05) is 27.5 Å². The maximum Gasteiger partial charge on any atom is 0.164 e. The van der Waals surface area contributed by atoms with Gasteiger partial charge in [-0.3, -0.25) is 0 Å². The fourth-order valence-corrected chi connectivity index (χ4v) is 8.00. The highest BCUT2D eigenvalue weighted by Crippen LogP contribution is 2.40. The number of aromatic nitrogens is 3. The minimum Gasteiger partial charge on any atom is -0.456 e. The zero-order chi connectivity index (χ0) is 36.3. The van der Waals surface area contributed by atoms with Crippen LogP contribution in [-0.4, -0.2) is 15.0 Å². The lowest BCUT2D eigenvalue weighted by Gasteiger charge is -2.14. The monoisotopic (exact) mass is 701 g/mol. The number of furan rings is 1. The number of benzene rings is 9. The van der Waals surface area contributed by atoms with Crippen LogP contribution in [0.4, 0.5) is 0 Å². The molecule has 9 aromatic carbocycles. The second kappa shape index (κ2) is 12.6. The van der Waals surface area contributed by atoms with Crippen molar-refractivity contribution in [3.63, 3.8) is 0 Å². The van der Waals surface area contributed by atoms with Crippen molar-refractivity contribution in [1.82, 2.24) is 15.0 Å². The summed E-state index contributed by atoms with van der Waals surface area (Å²) in [6.45, 7) is 0. The third-order valence-electron chi connectivity index (χ3n) is 10.7. The summed E-state index contributed by atoms with van der Waals surface area (Å²) in [4.78, 5) is 15.0. The molecule has 11 aromatic rings. The molecule has 0 radical (unpaired) electrons. The lowest BCUT2D eigenvalue weighted by Crippen LogP contribution is -2.00. The summed E-state index contributed by atoms with van der Waals surface area (Å²) in [5.74, 6) is 1.95. The number of hydrogen-bond acceptors (Lipinski definition) is 4. The maximum atomic E-state index is 6.11. The Labute approximate surface area is 317 Å². The Kier molecular flexibility index (Phi) is 7.14. The molecule has 0 aliphatic rings. The van der Waals surface area contributed by atoms with Crippen LogP contribution in [-0.2, 0) is 0 Å². The van der Waals surface area contributed by atoms with E-state index in [1.807, 2.05) is 72.8 Å². The average Bonchev–Trinajstić information content (AvgIpc) is 3.65. The molecule has 2 heterocycles. The summed E-state index contributed by atoms with van der Waals surface area (Å²) in [6.07, 6.45) is 0. The fourth-order valence-electron chi connectivity index (χ4n) is 8.00. The second-order valence-electron chi connectivity index (χ2n) is 14.0. The molecule has 256 valence electrons. The molecular formula is C51H31N3O. The highest BCUT2D eigenvalue weighted by atomic mass is 16.3. The van der Waals surface area contributed by atoms with Crippen molar-refractivity contribution in [3.05, 3.63) is 188 Å². The van der Waals surface area contributed by atoms with Crippen LogP contribution in [0.5, 0.6) is 0 Å². The molecule has 2 aromatic heterocycles. The van der Waals surface area contributed by atoms with Crippen molar-refractivity contribution in [3.8, 4) is 56.4 Å². The van der Waals surface area contributed by atoms with Gasteiger partial charge in [-0.05, 0) is 91.0 Å². The number of rotatable bonds is 5. The van der Waals surface area contributed by atoms with E-state index in [4.69, 9.17) is 19.4 Å². The Morgan fingerprint density at radius 2 is 0.636 bits per heavy atom. The van der Waals surface area contributed by atoms with Gasteiger partial charge in [-0.15, -0.1) is 0 Å². The van der Waals surface area contributed by atoms with Crippen LogP contribution in [0.2, 0.25) is 0 Å². The first kappa shape index (κ1) is 31.1. The van der Waals surface area contributed by atoms with Crippen molar-refractivity contribution in [2.24, 2.45) is 0 Å². The molecule has 0 atom stereocenters. The molecule has 0 aliphatic heterocycles. The molecule has 4 nitrogen and oxygen atoms in total. The quantitative estimate of drug-likeness (QED) is 0.168. The Hall–Kier alpha value is -7.43. The summed E-state index contributed by atoms with van der Waals surface area (Å²) in [5.41, 5.74) is 9.33. The number of fused-ring (bicyclic) bond motifs is 9. The van der Waals surface area contributed by atoms with E-state index >= 15 is 0 Å². The maximum absolute atomic E-state index is 6.11. The van der Waals surface area contributed by atoms with Gasteiger partial charge >= 0.3 is 0 Å². The SMILES string of the molecule is c1ccc(-c2nc(-c3ccccc3)nc(-c3ccc4c5cc(-c6cccc(-c7ccc8oc9ccccc9c8c7)c6)ccc5c5ccccc5c4c3)n2)cc1. The molecule has 0 fully saturated rings. The molecule has 0 saturated carbocycles. The zero-order valence-electron chi connectivity index (χ0n) is 29.6. The summed E-state index contributed by atoms with van der Waals surface area (Å²) < 4.78 is 6.11. The number of nitrogens with zero attached hydrogens (tertiary/aromatic N) is 3. The normalized spacial score (nSPS) is 11.6. The Bertz CT molecular complexity index is 3200. The van der Waals surface area contributed by atoms with Crippen LogP contribution in [0.1, 0.15) is 0 Å². The van der Waals surface area contributed by atoms with Gasteiger partial charge in [0.25, 0.3) is 0 Å². The van der Waals surface area contributed by atoms with Gasteiger partial charge in [-0.25, -0.2) is 15.0 Å². The standard InChI is InChI=1S/C51H31N3O/c1-3-12-32(13-4-1)49-52-50(33-14-5-2-6-15-33)54-51(53-49)38-23-26-42-44-29-36(22-25-41(44)39-18-7-8-19-40(39)45(42)31-38)34-16-11-17-35(28-34)37-24-27-48-46(30-37)43-20-9-10-21-47(43)55-48/h1-31H. The molecule has 0 saturated heterocycles. The summed E-state index contributed by atoms with van der Waals surface area (Å²) in [7, 11) is 0. The van der Waals surface area contributed by atoms with Gasteiger partial charge in [-0.1, -0.05) is 152 Å². The van der Waals surface area contributed by atoms with Gasteiger partial charge in [0.05, 0.1) is 0 Å². The van der Waals surface area contributed by atoms with E-state index in [-0.39, 0.29) is 0 Å². The minimum atomic E-state index is 0.644. The summed E-state index contributed by atoms with van der Waals surface area (Å²) in [5, 5.41) is 9.47. The number of para-hydroxylation sites is 1. The van der Waals surface area contributed by atoms with Gasteiger partial charge in [0.2, 0.25) is 0 Å². The molecule has 0 unspecified atom stereocenters. The second-order valence-corrected chi connectivity index (χ2v) is 14.0. The predicted molar refractivity (Wildman–Crippen MR) is 227 cm³/mol. The van der Waals surface area contributed by atoms with Crippen LogP contribution < -0.4 is 0 Å². The molecule has 0 bridgehead atoms. The average molecular weight is 702 g/mol. The smallest absolute Gasteiger partial charge is 0.164 e. The summed E-state index contributed by atoms with van der Waals surface area (Å²) >= 11 is 0. The first-order valence-electron chi connectivity index (χ1n) is 18.5. The Balaban J connectivity index is 1.06. The van der Waals surface area contributed by atoms with Crippen LogP contribution in [0.3, 0.4) is 0 Å². The van der Waals surface area contributed by atoms with Crippen LogP contribution in [0, 0.1) is 0 Å². The largest absolute Gasteiger partial charge is 0.456 e. The molecular weight excluding hydrogens is 671 g/mol. The first-order valence-corrected chi connectivity index (χ1v) is 18.5. The van der Waals surface area contributed by atoms with E-state index < -0.39 is 0 Å². The third kappa shape index (κ3) is 5.34. The third-order valence-corrected chi connectivity index (χ3v) is 10.7. The van der Waals surface area contributed by atoms with Crippen molar-refractivity contribution in [2.45, 2.75) is 0 Å². The van der Waals surface area contributed by atoms with E-state index in [2.05, 4.69) is 115 Å². The molecule has 4 heteroatoms. The highest BCUT2D eigenvalue weighted by Gasteiger charge is 2.16. The first-order chi connectivity index (χ1) is 27.2. The molecule has 0 aliphatic carbocycles. The molecule has 0 N–H and O–H groups in total. The van der Waals surface area contributed by atoms with E-state index in [1.165, 1.54) is 43.6 Å². The van der Waals surface area contributed by atoms with E-state index in [1.54, 1.807) is 0 Å². The predicted octanol–water partition coefficient (Wildman–Crippen LogP) is 13.6. The van der Waals surface area contributed by atoms with Crippen molar-refractivity contribution in [1.29, 1.82) is 0 Å². The fraction of sp³-hybridized carbons (Fsp3) is 0. The lowest BCUT2D eigenvalue weighted by molar-refractivity contribution is 0.669. The van der Waals surface area contributed by atoms with Crippen LogP contribution >= 0.6 is 0 Å². The molecule has 55 heavy (non-hydrogen) atoms. The van der Waals surface area contributed by atoms with E-state index in [9.17, 15) is 0 Å². The Morgan fingerprint density at radius 3 is 1.29 bits per heavy atom. The minimum absolute atomic E-state index is 0.644. The molecule has 11 rings (SSSR count). The molecule has 0 spiro atoms. The lowest BCUT2D eigenvalue weighted by atomic mass is 9.90. The number of hydrogen-bond donors (Lipinski definition) is 0. The van der Waals surface area contributed by atoms with E-state index in [0.717, 1.165) is 49.6 Å². The Morgan fingerprint density at radius 1 is 0.236 bits per heavy atom. The van der Waals surface area contributed by atoms with Crippen LogP contribution in [0.15, 0.2) is 192 Å². The van der Waals surface area contributed by atoms with Gasteiger partial charge < -0.3 is 4.42 Å². The van der Waals surface area contributed by atoms with Gasteiger partial charge in [-0.2, -0.15) is 0 Å². The zero-order valence-corrected chi connectivity index (χ0v) is 29.6. The topological polar surface area (TPSA) is 51.8 Å². The van der Waals surface area contributed by atoms with Crippen molar-refractivity contribution in [2.75, 3.05) is 0 Å². The van der Waals surface area contributed by atoms with Crippen molar-refractivity contribution >= 4 is 54.3 Å².